The Balaban J connectivity index is 1.02. The molecule has 0 N–H and O–H groups in total. The fourth-order valence-corrected chi connectivity index (χ4v) is 11.5. The van der Waals surface area contributed by atoms with Gasteiger partial charge in [-0.25, -0.2) is 0 Å². The maximum Gasteiger partial charge on any atom is 0.0713 e. The molecule has 338 valence electrons. The predicted octanol–water partition coefficient (Wildman–Crippen LogP) is 19.0. The third-order valence-corrected chi connectivity index (χ3v) is 14.8. The number of fused-ring (bicyclic) bond motifs is 4. The Morgan fingerprint density at radius 3 is 1.35 bits per heavy atom. The number of hydrogen-bond acceptors (Lipinski definition) is 1. The van der Waals surface area contributed by atoms with E-state index in [1.165, 1.54) is 88.7 Å². The minimum atomic E-state index is -0.504. The van der Waals surface area contributed by atoms with E-state index >= 15 is 0 Å². The smallest absolute Gasteiger partial charge is 0.0713 e. The Morgan fingerprint density at radius 1 is 0.236 bits per heavy atom. The van der Waals surface area contributed by atoms with Crippen molar-refractivity contribution in [1.82, 2.24) is 0 Å². The molecular formula is C71H49N. The number of hydrogen-bond donors (Lipinski definition) is 0. The lowest BCUT2D eigenvalue weighted by atomic mass is 9.68. The van der Waals surface area contributed by atoms with Crippen molar-refractivity contribution < 1.29 is 0 Å². The lowest BCUT2D eigenvalue weighted by Gasteiger charge is -2.34. The van der Waals surface area contributed by atoms with Crippen molar-refractivity contribution >= 4 is 27.8 Å². The topological polar surface area (TPSA) is 3.24 Å². The highest BCUT2D eigenvalue weighted by Crippen LogP contribution is 2.58. The second-order valence-electron chi connectivity index (χ2n) is 18.8. The Bertz CT molecular complexity index is 3840. The molecule has 0 saturated heterocycles. The molecule has 0 radical (unpaired) electrons. The van der Waals surface area contributed by atoms with E-state index in [0.29, 0.717) is 0 Å². The number of nitrogens with zero attached hydrogens (tertiary/aromatic N) is 1. The molecule has 0 atom stereocenters. The summed E-state index contributed by atoms with van der Waals surface area (Å²) in [5, 5.41) is 2.50. The van der Waals surface area contributed by atoms with Gasteiger partial charge in [0.25, 0.3) is 0 Å². The van der Waals surface area contributed by atoms with Crippen LogP contribution in [-0.4, -0.2) is 0 Å². The minimum Gasteiger partial charge on any atom is -0.310 e. The number of benzene rings is 12. The molecule has 0 saturated carbocycles. The Morgan fingerprint density at radius 2 is 0.694 bits per heavy atom. The van der Waals surface area contributed by atoms with Crippen LogP contribution in [0.5, 0.6) is 0 Å². The zero-order chi connectivity index (χ0) is 47.8. The minimum absolute atomic E-state index is 0.504. The molecule has 0 bridgehead atoms. The summed E-state index contributed by atoms with van der Waals surface area (Å²) in [5.74, 6) is 0. The van der Waals surface area contributed by atoms with Gasteiger partial charge in [-0.3, -0.25) is 0 Å². The fourth-order valence-electron chi connectivity index (χ4n) is 11.5. The monoisotopic (exact) mass is 915 g/mol. The molecular weight excluding hydrogens is 867 g/mol. The molecule has 13 rings (SSSR count). The molecule has 1 heteroatoms. The predicted molar refractivity (Wildman–Crippen MR) is 303 cm³/mol. The molecule has 1 aliphatic carbocycles. The van der Waals surface area contributed by atoms with E-state index in [1.54, 1.807) is 0 Å². The van der Waals surface area contributed by atoms with Gasteiger partial charge < -0.3 is 4.90 Å². The molecule has 72 heavy (non-hydrogen) atoms. The van der Waals surface area contributed by atoms with Crippen molar-refractivity contribution in [2.75, 3.05) is 4.90 Å². The van der Waals surface area contributed by atoms with E-state index in [1.807, 2.05) is 0 Å². The first kappa shape index (κ1) is 42.8. The normalized spacial score (nSPS) is 12.3. The first-order valence-electron chi connectivity index (χ1n) is 24.9. The summed E-state index contributed by atoms with van der Waals surface area (Å²) in [4.78, 5) is 2.49. The summed E-state index contributed by atoms with van der Waals surface area (Å²) in [6.45, 7) is 0. The third-order valence-electron chi connectivity index (χ3n) is 14.8. The number of anilines is 3. The van der Waals surface area contributed by atoms with Gasteiger partial charge in [0.1, 0.15) is 0 Å². The summed E-state index contributed by atoms with van der Waals surface area (Å²) in [6.07, 6.45) is 0. The molecule has 12 aromatic carbocycles. The molecule has 0 heterocycles. The average Bonchev–Trinajstić information content (AvgIpc) is 3.76. The van der Waals surface area contributed by atoms with Crippen molar-refractivity contribution in [1.29, 1.82) is 0 Å². The van der Waals surface area contributed by atoms with E-state index in [9.17, 15) is 0 Å². The lowest BCUT2D eigenvalue weighted by Crippen LogP contribution is -2.28. The zero-order valence-electron chi connectivity index (χ0n) is 39.7. The zero-order valence-corrected chi connectivity index (χ0v) is 39.7. The van der Waals surface area contributed by atoms with Gasteiger partial charge in [0.05, 0.1) is 11.1 Å². The van der Waals surface area contributed by atoms with Crippen LogP contribution < -0.4 is 4.90 Å². The van der Waals surface area contributed by atoms with Crippen LogP contribution in [0.4, 0.5) is 17.1 Å². The largest absolute Gasteiger partial charge is 0.310 e. The quantitative estimate of drug-likeness (QED) is 0.132. The van der Waals surface area contributed by atoms with Crippen LogP contribution in [0.15, 0.2) is 297 Å². The fraction of sp³-hybridized carbons (Fsp3) is 0.0141. The Labute approximate surface area is 422 Å². The van der Waals surface area contributed by atoms with Gasteiger partial charge in [0.2, 0.25) is 0 Å². The summed E-state index contributed by atoms with van der Waals surface area (Å²) in [5.41, 5.74) is 22.1. The highest BCUT2D eigenvalue weighted by molar-refractivity contribution is 6.02. The molecule has 0 amide bonds. The molecule has 1 nitrogen and oxygen atoms in total. The first-order chi connectivity index (χ1) is 35.7. The van der Waals surface area contributed by atoms with Gasteiger partial charge in [-0.1, -0.05) is 261 Å². The van der Waals surface area contributed by atoms with E-state index < -0.39 is 5.41 Å². The first-order valence-corrected chi connectivity index (χ1v) is 24.9. The molecule has 0 aromatic heterocycles. The van der Waals surface area contributed by atoms with E-state index in [-0.39, 0.29) is 0 Å². The standard InChI is InChI=1S/C71H49N/c1-5-21-54(22-6-1)62-30-15-16-32-65(62)70-63(55-23-7-2-8-24-55)33-19-35-69(70)72(60-44-42-52(43-45-60)51-36-38-53(39-37-51)57-41-40-50-20-13-14-25-56(50)48-57)61-46-47-68-66(49-61)64-31-17-18-34-67(64)71(68,58-26-9-3-10-27-58)59-28-11-4-12-29-59/h1-49H. The van der Waals surface area contributed by atoms with Gasteiger partial charge in [-0.2, -0.15) is 0 Å². The summed E-state index contributed by atoms with van der Waals surface area (Å²) >= 11 is 0. The molecule has 12 aromatic rings. The van der Waals surface area contributed by atoms with Crippen LogP contribution in [-0.2, 0) is 5.41 Å². The summed E-state index contributed by atoms with van der Waals surface area (Å²) < 4.78 is 0. The van der Waals surface area contributed by atoms with Crippen molar-refractivity contribution in [3.05, 3.63) is 320 Å². The van der Waals surface area contributed by atoms with Crippen molar-refractivity contribution in [2.45, 2.75) is 5.41 Å². The highest BCUT2D eigenvalue weighted by atomic mass is 15.1. The lowest BCUT2D eigenvalue weighted by molar-refractivity contribution is 0.768. The van der Waals surface area contributed by atoms with Gasteiger partial charge in [-0.15, -0.1) is 0 Å². The number of rotatable bonds is 10. The maximum absolute atomic E-state index is 2.49. The highest BCUT2D eigenvalue weighted by Gasteiger charge is 2.46. The molecule has 0 unspecified atom stereocenters. The van der Waals surface area contributed by atoms with Crippen LogP contribution in [0.2, 0.25) is 0 Å². The second-order valence-corrected chi connectivity index (χ2v) is 18.8. The Hall–Kier alpha value is -9.30. The van der Waals surface area contributed by atoms with Crippen molar-refractivity contribution in [2.24, 2.45) is 0 Å². The van der Waals surface area contributed by atoms with E-state index in [0.717, 1.165) is 28.2 Å². The summed E-state index contributed by atoms with van der Waals surface area (Å²) in [6, 6.07) is 109. The van der Waals surface area contributed by atoms with Crippen LogP contribution in [0.25, 0.3) is 77.5 Å². The molecule has 0 spiro atoms. The molecule has 0 aliphatic heterocycles. The maximum atomic E-state index is 2.49. The van der Waals surface area contributed by atoms with E-state index in [4.69, 9.17) is 0 Å². The van der Waals surface area contributed by atoms with E-state index in [2.05, 4.69) is 302 Å². The van der Waals surface area contributed by atoms with Crippen molar-refractivity contribution in [3.8, 4) is 66.8 Å². The molecule has 1 aliphatic rings. The second kappa shape index (κ2) is 18.2. The van der Waals surface area contributed by atoms with Crippen LogP contribution >= 0.6 is 0 Å². The van der Waals surface area contributed by atoms with Crippen molar-refractivity contribution in [3.63, 3.8) is 0 Å². The van der Waals surface area contributed by atoms with Crippen LogP contribution in [0.3, 0.4) is 0 Å². The van der Waals surface area contributed by atoms with Crippen LogP contribution in [0, 0.1) is 0 Å². The Kier molecular flexibility index (Phi) is 10.8. The van der Waals surface area contributed by atoms with Crippen LogP contribution in [0.1, 0.15) is 22.3 Å². The van der Waals surface area contributed by atoms with Gasteiger partial charge in [0, 0.05) is 16.9 Å². The van der Waals surface area contributed by atoms with Gasteiger partial charge in [0.15, 0.2) is 0 Å². The van der Waals surface area contributed by atoms with Gasteiger partial charge >= 0.3 is 0 Å². The third kappa shape index (κ3) is 7.34. The summed E-state index contributed by atoms with van der Waals surface area (Å²) in [7, 11) is 0. The average molecular weight is 916 g/mol. The molecule has 0 fully saturated rings. The van der Waals surface area contributed by atoms with Gasteiger partial charge in [-0.05, 0) is 131 Å². The SMILES string of the molecule is c1ccc(-c2ccccc2-c2c(-c3ccccc3)cccc2N(c2ccc(-c3ccc(-c4ccc5ccccc5c4)cc3)cc2)c2ccc3c(c2)-c2ccccc2C3(c2ccccc2)c2ccccc2)cc1.